The molecule has 3 rings (SSSR count). The summed E-state index contributed by atoms with van der Waals surface area (Å²) in [5.41, 5.74) is 0. The number of likely N-dealkylation sites (N-methyl/N-ethyl adjacent to an activating group) is 1. The van der Waals surface area contributed by atoms with E-state index in [1.807, 2.05) is 18.3 Å². The number of likely N-dealkylation sites (tertiary alicyclic amines) is 1. The van der Waals surface area contributed by atoms with Crippen LogP contribution in [0.5, 0.6) is 0 Å². The largest absolute Gasteiger partial charge is 0.387 e. The third-order valence-corrected chi connectivity index (χ3v) is 6.60. The van der Waals surface area contributed by atoms with Gasteiger partial charge in [-0.3, -0.25) is 14.5 Å². The molecule has 0 unspecified atom stereocenters. The van der Waals surface area contributed by atoms with Gasteiger partial charge in [-0.05, 0) is 44.2 Å². The van der Waals surface area contributed by atoms with Crippen LogP contribution in [0.25, 0.3) is 0 Å². The zero-order valence-electron chi connectivity index (χ0n) is 15.4. The van der Waals surface area contributed by atoms with Gasteiger partial charge in [0.25, 0.3) is 0 Å². The Morgan fingerprint density at radius 2 is 2.08 bits per heavy atom. The Balaban J connectivity index is 1.66. The molecular formula is C19H29N3O3S. The molecule has 6 nitrogen and oxygen atoms in total. The van der Waals surface area contributed by atoms with Crippen molar-refractivity contribution in [1.82, 2.24) is 15.5 Å². The van der Waals surface area contributed by atoms with Crippen molar-refractivity contribution >= 4 is 23.2 Å². The molecule has 1 aliphatic carbocycles. The third-order valence-electron chi connectivity index (χ3n) is 5.36. The molecule has 0 bridgehead atoms. The molecule has 0 aromatic carbocycles. The minimum atomic E-state index is -0.516. The first-order chi connectivity index (χ1) is 12.6. The Hall–Kier alpha value is -1.44. The van der Waals surface area contributed by atoms with E-state index in [2.05, 4.69) is 27.7 Å². The van der Waals surface area contributed by atoms with E-state index in [0.29, 0.717) is 25.4 Å². The van der Waals surface area contributed by atoms with Crippen LogP contribution in [-0.2, 0) is 16.1 Å². The average molecular weight is 380 g/mol. The predicted octanol–water partition coefficient (Wildman–Crippen LogP) is 1.59. The number of rotatable bonds is 7. The van der Waals surface area contributed by atoms with Crippen LogP contribution in [0.4, 0.5) is 0 Å². The van der Waals surface area contributed by atoms with Gasteiger partial charge in [-0.25, -0.2) is 0 Å². The van der Waals surface area contributed by atoms with Crippen molar-refractivity contribution < 1.29 is 14.7 Å². The Kier molecular flexibility index (Phi) is 6.67. The van der Waals surface area contributed by atoms with Gasteiger partial charge in [0.2, 0.25) is 11.8 Å². The molecule has 0 radical (unpaired) electrons. The van der Waals surface area contributed by atoms with Crippen molar-refractivity contribution in [3.8, 4) is 0 Å². The molecule has 1 saturated carbocycles. The first-order valence-corrected chi connectivity index (χ1v) is 10.4. The summed E-state index contributed by atoms with van der Waals surface area (Å²) in [6, 6.07) is 4.10. The maximum absolute atomic E-state index is 12.4. The summed E-state index contributed by atoms with van der Waals surface area (Å²) in [5, 5.41) is 14.7. The Morgan fingerprint density at radius 3 is 2.77 bits per heavy atom. The van der Waals surface area contributed by atoms with Gasteiger partial charge in [0, 0.05) is 35.4 Å². The SMILES string of the molecule is CCNC(=O)[C@@H]1C[C@@H](NC(=O)CO)CN1Cc1ccc(C2CCCC2)s1. The van der Waals surface area contributed by atoms with E-state index in [4.69, 9.17) is 5.11 Å². The van der Waals surface area contributed by atoms with Crippen LogP contribution in [0.15, 0.2) is 12.1 Å². The number of hydrogen-bond acceptors (Lipinski definition) is 5. The number of nitrogens with zero attached hydrogens (tertiary/aromatic N) is 1. The summed E-state index contributed by atoms with van der Waals surface area (Å²) in [7, 11) is 0. The van der Waals surface area contributed by atoms with Crippen molar-refractivity contribution in [2.45, 2.75) is 63.6 Å². The van der Waals surface area contributed by atoms with E-state index in [-0.39, 0.29) is 23.9 Å². The first kappa shape index (κ1) is 19.3. The van der Waals surface area contributed by atoms with E-state index in [9.17, 15) is 9.59 Å². The summed E-state index contributed by atoms with van der Waals surface area (Å²) in [6.07, 6.45) is 5.82. The molecule has 1 saturated heterocycles. The molecule has 1 aromatic heterocycles. The van der Waals surface area contributed by atoms with E-state index < -0.39 is 6.61 Å². The zero-order chi connectivity index (χ0) is 18.5. The van der Waals surface area contributed by atoms with Crippen LogP contribution in [-0.4, -0.2) is 53.6 Å². The second-order valence-corrected chi connectivity index (χ2v) is 8.48. The van der Waals surface area contributed by atoms with Crippen LogP contribution in [0, 0.1) is 0 Å². The fourth-order valence-electron chi connectivity index (χ4n) is 4.13. The number of carbonyl (C=O) groups is 2. The van der Waals surface area contributed by atoms with E-state index >= 15 is 0 Å². The number of nitrogens with one attached hydrogen (secondary N) is 2. The Morgan fingerprint density at radius 1 is 1.31 bits per heavy atom. The van der Waals surface area contributed by atoms with E-state index in [0.717, 1.165) is 6.54 Å². The smallest absolute Gasteiger partial charge is 0.245 e. The summed E-state index contributed by atoms with van der Waals surface area (Å²) >= 11 is 1.86. The summed E-state index contributed by atoms with van der Waals surface area (Å²) in [4.78, 5) is 28.8. The number of hydrogen-bond donors (Lipinski definition) is 3. The van der Waals surface area contributed by atoms with Crippen LogP contribution in [0.1, 0.15) is 54.7 Å². The van der Waals surface area contributed by atoms with Gasteiger partial charge in [-0.1, -0.05) is 12.8 Å². The van der Waals surface area contributed by atoms with Crippen molar-refractivity contribution in [1.29, 1.82) is 0 Å². The summed E-state index contributed by atoms with van der Waals surface area (Å²) in [6.45, 7) is 3.35. The average Bonchev–Trinajstić information content (AvgIpc) is 3.35. The fourth-order valence-corrected chi connectivity index (χ4v) is 5.34. The number of carbonyl (C=O) groups excluding carboxylic acids is 2. The quantitative estimate of drug-likeness (QED) is 0.672. The monoisotopic (exact) mass is 379 g/mol. The summed E-state index contributed by atoms with van der Waals surface area (Å²) in [5.74, 6) is 0.343. The minimum absolute atomic E-state index is 0.0146. The second-order valence-electron chi connectivity index (χ2n) is 7.28. The van der Waals surface area contributed by atoms with E-state index in [1.54, 1.807) is 0 Å². The topological polar surface area (TPSA) is 81.7 Å². The normalized spacial score (nSPS) is 24.1. The highest BCUT2D eigenvalue weighted by Gasteiger charge is 2.37. The highest BCUT2D eigenvalue weighted by molar-refractivity contribution is 7.12. The summed E-state index contributed by atoms with van der Waals surface area (Å²) < 4.78 is 0. The number of amides is 2. The van der Waals surface area contributed by atoms with Gasteiger partial charge < -0.3 is 15.7 Å². The minimum Gasteiger partial charge on any atom is -0.387 e. The molecule has 3 N–H and O–H groups in total. The molecule has 1 aromatic rings. The maximum Gasteiger partial charge on any atom is 0.245 e. The van der Waals surface area contributed by atoms with Gasteiger partial charge in [-0.15, -0.1) is 11.3 Å². The lowest BCUT2D eigenvalue weighted by molar-refractivity contribution is -0.126. The first-order valence-electron chi connectivity index (χ1n) is 9.61. The predicted molar refractivity (Wildman–Crippen MR) is 102 cm³/mol. The van der Waals surface area contributed by atoms with Crippen LogP contribution < -0.4 is 10.6 Å². The van der Waals surface area contributed by atoms with Gasteiger partial charge in [0.15, 0.2) is 0 Å². The van der Waals surface area contributed by atoms with Crippen LogP contribution >= 0.6 is 11.3 Å². The van der Waals surface area contributed by atoms with Gasteiger partial charge in [-0.2, -0.15) is 0 Å². The van der Waals surface area contributed by atoms with Crippen LogP contribution in [0.2, 0.25) is 0 Å². The molecule has 2 fully saturated rings. The Bertz CT molecular complexity index is 627. The maximum atomic E-state index is 12.4. The molecule has 144 valence electrons. The molecule has 2 aliphatic rings. The molecule has 7 heteroatoms. The van der Waals surface area contributed by atoms with Gasteiger partial charge in [0.05, 0.1) is 6.04 Å². The number of thiophene rings is 1. The second kappa shape index (κ2) is 8.97. The molecule has 26 heavy (non-hydrogen) atoms. The number of aliphatic hydroxyl groups is 1. The highest BCUT2D eigenvalue weighted by Crippen LogP contribution is 2.38. The molecule has 0 spiro atoms. The lowest BCUT2D eigenvalue weighted by Gasteiger charge is -2.22. The van der Waals surface area contributed by atoms with Crippen LogP contribution in [0.3, 0.4) is 0 Å². The third kappa shape index (κ3) is 4.64. The molecule has 2 amide bonds. The fraction of sp³-hybridized carbons (Fsp3) is 0.684. The zero-order valence-corrected chi connectivity index (χ0v) is 16.2. The van der Waals surface area contributed by atoms with Crippen molar-refractivity contribution in [3.05, 3.63) is 21.9 Å². The number of aliphatic hydroxyl groups excluding tert-OH is 1. The lowest BCUT2D eigenvalue weighted by Crippen LogP contribution is -2.42. The standard InChI is InChI=1S/C19H29N3O3S/c1-2-20-19(25)16-9-14(21-18(24)12-23)10-22(16)11-15-7-8-17(26-15)13-5-3-4-6-13/h7-8,13-14,16,23H,2-6,9-12H2,1H3,(H,20,25)(H,21,24)/t14-,16+/m1/s1. The molecule has 1 aliphatic heterocycles. The highest BCUT2D eigenvalue weighted by atomic mass is 32.1. The molecule has 2 atom stereocenters. The van der Waals surface area contributed by atoms with Gasteiger partial charge >= 0.3 is 0 Å². The lowest BCUT2D eigenvalue weighted by atomic mass is 10.1. The van der Waals surface area contributed by atoms with Crippen molar-refractivity contribution in [3.63, 3.8) is 0 Å². The molecular weight excluding hydrogens is 350 g/mol. The van der Waals surface area contributed by atoms with Crippen molar-refractivity contribution in [2.24, 2.45) is 0 Å². The van der Waals surface area contributed by atoms with Gasteiger partial charge in [0.1, 0.15) is 6.61 Å². The van der Waals surface area contributed by atoms with E-state index in [1.165, 1.54) is 35.4 Å². The molecule has 2 heterocycles. The Labute approximate surface area is 159 Å². The van der Waals surface area contributed by atoms with Crippen molar-refractivity contribution in [2.75, 3.05) is 19.7 Å².